The summed E-state index contributed by atoms with van der Waals surface area (Å²) in [5.74, 6) is -3.35. The number of hydrogen-bond donors (Lipinski definition) is 8. The van der Waals surface area contributed by atoms with Gasteiger partial charge in [0.05, 0.1) is 11.4 Å². The van der Waals surface area contributed by atoms with Crippen molar-refractivity contribution in [3.63, 3.8) is 0 Å². The number of amides is 4. The van der Waals surface area contributed by atoms with Gasteiger partial charge in [0.15, 0.2) is 11.5 Å². The maximum Gasteiger partial charge on any atom is 0.328 e. The van der Waals surface area contributed by atoms with Gasteiger partial charge in [0.25, 0.3) is 32.1 Å². The number of fused-ring (bicyclic) bond motifs is 2. The van der Waals surface area contributed by atoms with Crippen molar-refractivity contribution in [1.82, 2.24) is 10.6 Å². The third-order valence-electron chi connectivity index (χ3n) is 8.50. The molecule has 6 aromatic rings. The quantitative estimate of drug-likeness (QED) is 0.0628. The van der Waals surface area contributed by atoms with Crippen molar-refractivity contribution in [2.24, 2.45) is 0 Å². The Morgan fingerprint density at radius 1 is 0.537 bits per heavy atom. The lowest BCUT2D eigenvalue weighted by molar-refractivity contribution is 0.0944. The fourth-order valence-corrected chi connectivity index (χ4v) is 6.96. The zero-order valence-electron chi connectivity index (χ0n) is 28.2. The molecule has 6 aromatic carbocycles. The summed E-state index contributed by atoms with van der Waals surface area (Å²) in [7, 11) is -9.64. The van der Waals surface area contributed by atoms with E-state index < -0.39 is 59.4 Å². The van der Waals surface area contributed by atoms with Gasteiger partial charge in [-0.15, -0.1) is 0 Å². The number of phenols is 2. The number of carbonyl (C=O) groups excluding carboxylic acids is 3. The number of aryl methyl sites for hydroxylation is 2. The van der Waals surface area contributed by atoms with Crippen LogP contribution in [-0.2, 0) is 20.2 Å². The van der Waals surface area contributed by atoms with Crippen LogP contribution in [0.15, 0.2) is 107 Å². The monoisotopic (exact) mass is 770 g/mol. The highest BCUT2D eigenvalue weighted by atomic mass is 32.2. The largest absolute Gasteiger partial charge is 0.504 e. The predicted octanol–water partition coefficient (Wildman–Crippen LogP) is 6.28. The number of carbonyl (C=O) groups is 3. The summed E-state index contributed by atoms with van der Waals surface area (Å²) in [6, 6.07) is 22.5. The molecule has 8 N–H and O–H groups in total. The minimum atomic E-state index is -4.82. The highest BCUT2D eigenvalue weighted by molar-refractivity contribution is 7.86. The second-order valence-electron chi connectivity index (χ2n) is 12.1. The fraction of sp³-hybridized carbons (Fsp3) is 0.0541. The average molecular weight is 771 g/mol. The Morgan fingerprint density at radius 2 is 0.907 bits per heavy atom. The molecule has 0 aliphatic rings. The number of benzene rings is 6. The number of phenolic OH excluding ortho intramolecular Hbond substituents is 2. The Labute approximate surface area is 307 Å². The second kappa shape index (κ2) is 14.1. The van der Waals surface area contributed by atoms with E-state index in [1.165, 1.54) is 36.4 Å². The molecular formula is C37H30N4O11S2. The van der Waals surface area contributed by atoms with E-state index >= 15 is 0 Å². The molecule has 276 valence electrons. The lowest BCUT2D eigenvalue weighted by Gasteiger charge is -2.17. The molecule has 0 saturated carbocycles. The van der Waals surface area contributed by atoms with Crippen LogP contribution >= 0.6 is 0 Å². The molecule has 4 amide bonds. The Bertz CT molecular complexity index is 2600. The van der Waals surface area contributed by atoms with E-state index in [9.17, 15) is 50.5 Å². The van der Waals surface area contributed by atoms with Crippen molar-refractivity contribution in [3.05, 3.63) is 119 Å². The Morgan fingerprint density at radius 3 is 1.28 bits per heavy atom. The zero-order valence-corrected chi connectivity index (χ0v) is 29.8. The van der Waals surface area contributed by atoms with Gasteiger partial charge in [-0.25, -0.2) is 4.79 Å². The van der Waals surface area contributed by atoms with Gasteiger partial charge in [0, 0.05) is 33.3 Å². The van der Waals surface area contributed by atoms with Crippen molar-refractivity contribution in [1.29, 1.82) is 0 Å². The molecule has 0 heterocycles. The third-order valence-corrected chi connectivity index (χ3v) is 10.2. The van der Waals surface area contributed by atoms with Gasteiger partial charge in [-0.2, -0.15) is 16.8 Å². The maximum absolute atomic E-state index is 13.1. The minimum absolute atomic E-state index is 0.0543. The van der Waals surface area contributed by atoms with E-state index in [1.807, 2.05) is 0 Å². The molecular weight excluding hydrogens is 741 g/mol. The summed E-state index contributed by atoms with van der Waals surface area (Å²) in [5, 5.41) is 33.2. The van der Waals surface area contributed by atoms with Crippen LogP contribution in [0, 0.1) is 13.8 Å². The standard InChI is InChI=1S/C37H30N4O11S2/c1-19-11-13-23(15-27(19)38-31-25-9-5-3-7-21(25)17-29(33(31)42)53(47,48)49)35(44)40-37(46)41-36(45)24-14-12-20(2)28(16-24)39-32-26-10-6-4-8-22(26)18-30(34(32)43)54(50,51)52/h3-18,38-39,42-43H,1-2H3,(H,47,48,49)(H,50,51,52)(H2,40,41,44,45,46). The van der Waals surface area contributed by atoms with Gasteiger partial charge in [-0.05, 0) is 72.1 Å². The summed E-state index contributed by atoms with van der Waals surface area (Å²) >= 11 is 0. The molecule has 0 aliphatic heterocycles. The predicted molar refractivity (Wildman–Crippen MR) is 200 cm³/mol. The van der Waals surface area contributed by atoms with Crippen molar-refractivity contribution >= 4 is 82.4 Å². The summed E-state index contributed by atoms with van der Waals surface area (Å²) in [5.41, 5.74) is 1.36. The summed E-state index contributed by atoms with van der Waals surface area (Å²) in [6.45, 7) is 3.34. The summed E-state index contributed by atoms with van der Waals surface area (Å²) < 4.78 is 67.4. The molecule has 54 heavy (non-hydrogen) atoms. The number of nitrogens with one attached hydrogen (secondary N) is 4. The molecule has 0 saturated heterocycles. The Kier molecular flexibility index (Phi) is 9.74. The van der Waals surface area contributed by atoms with Crippen molar-refractivity contribution < 1.29 is 50.5 Å². The van der Waals surface area contributed by atoms with Gasteiger partial charge >= 0.3 is 6.03 Å². The molecule has 6 rings (SSSR count). The van der Waals surface area contributed by atoms with E-state index in [4.69, 9.17) is 0 Å². The third kappa shape index (κ3) is 7.50. The number of rotatable bonds is 8. The van der Waals surface area contributed by atoms with Gasteiger partial charge < -0.3 is 20.8 Å². The molecule has 17 heteroatoms. The number of imide groups is 2. The van der Waals surface area contributed by atoms with E-state index in [0.29, 0.717) is 32.7 Å². The van der Waals surface area contributed by atoms with Crippen molar-refractivity contribution in [2.45, 2.75) is 23.6 Å². The number of hydrogen-bond acceptors (Lipinski definition) is 11. The topological polar surface area (TPSA) is 249 Å². The van der Waals surface area contributed by atoms with Crippen molar-refractivity contribution in [2.75, 3.05) is 10.6 Å². The van der Waals surface area contributed by atoms with Gasteiger partial charge in [0.2, 0.25) is 0 Å². The Hall–Kier alpha value is -6.53. The second-order valence-corrected chi connectivity index (χ2v) is 14.9. The highest BCUT2D eigenvalue weighted by Gasteiger charge is 2.24. The summed E-state index contributed by atoms with van der Waals surface area (Å²) in [6.07, 6.45) is 0. The average Bonchev–Trinajstić information content (AvgIpc) is 3.10. The van der Waals surface area contributed by atoms with Crippen LogP contribution in [0.1, 0.15) is 31.8 Å². The molecule has 0 bridgehead atoms. The van der Waals surface area contributed by atoms with Crippen LogP contribution in [0.3, 0.4) is 0 Å². The van der Waals surface area contributed by atoms with E-state index in [1.54, 1.807) is 62.4 Å². The molecule has 0 aliphatic carbocycles. The molecule has 0 unspecified atom stereocenters. The number of anilines is 4. The lowest BCUT2D eigenvalue weighted by Crippen LogP contribution is -2.42. The zero-order chi connectivity index (χ0) is 39.1. The Balaban J connectivity index is 1.21. The van der Waals surface area contributed by atoms with Gasteiger partial charge in [-0.3, -0.25) is 29.3 Å². The molecule has 0 aromatic heterocycles. The first-order chi connectivity index (χ1) is 25.4. The van der Waals surface area contributed by atoms with Crippen LogP contribution < -0.4 is 21.3 Å². The first kappa shape index (κ1) is 37.2. The normalized spacial score (nSPS) is 11.6. The van der Waals surface area contributed by atoms with E-state index in [2.05, 4.69) is 21.3 Å². The van der Waals surface area contributed by atoms with Crippen LogP contribution in [0.5, 0.6) is 11.5 Å². The van der Waals surface area contributed by atoms with Crippen LogP contribution in [0.25, 0.3) is 21.5 Å². The smallest absolute Gasteiger partial charge is 0.328 e. The minimum Gasteiger partial charge on any atom is -0.504 e. The van der Waals surface area contributed by atoms with E-state index in [0.717, 1.165) is 12.1 Å². The lowest BCUT2D eigenvalue weighted by atomic mass is 10.1. The highest BCUT2D eigenvalue weighted by Crippen LogP contribution is 2.42. The maximum atomic E-state index is 13.1. The van der Waals surface area contributed by atoms with Gasteiger partial charge in [-0.1, -0.05) is 60.7 Å². The SMILES string of the molecule is Cc1ccc(C(=O)NC(=O)NC(=O)c2ccc(C)c(Nc3c(O)c(S(=O)(=O)O)cc4ccccc34)c2)cc1Nc1c(O)c(S(=O)(=O)O)cc2ccccc12. The number of aromatic hydroxyl groups is 2. The number of urea groups is 1. The molecule has 0 atom stereocenters. The van der Waals surface area contributed by atoms with Gasteiger partial charge in [0.1, 0.15) is 9.79 Å². The molecule has 0 radical (unpaired) electrons. The van der Waals surface area contributed by atoms with E-state index in [-0.39, 0.29) is 33.9 Å². The fourth-order valence-electron chi connectivity index (χ4n) is 5.72. The summed E-state index contributed by atoms with van der Waals surface area (Å²) in [4.78, 5) is 37.6. The molecule has 0 spiro atoms. The van der Waals surface area contributed by atoms with Crippen LogP contribution in [-0.4, -0.2) is 54.0 Å². The van der Waals surface area contributed by atoms with Crippen LogP contribution in [0.2, 0.25) is 0 Å². The first-order valence-electron chi connectivity index (χ1n) is 15.8. The van der Waals surface area contributed by atoms with Crippen LogP contribution in [0.4, 0.5) is 27.5 Å². The molecule has 15 nitrogen and oxygen atoms in total. The van der Waals surface area contributed by atoms with Crippen molar-refractivity contribution in [3.8, 4) is 11.5 Å². The first-order valence-corrected chi connectivity index (χ1v) is 18.7. The molecule has 0 fully saturated rings.